The van der Waals surface area contributed by atoms with Crippen molar-refractivity contribution in [2.75, 3.05) is 25.8 Å². The number of nitrogens with zero attached hydrogens (tertiary/aromatic N) is 1. The number of aromatic nitrogens is 1. The van der Waals surface area contributed by atoms with Crippen LogP contribution in [0.4, 0.5) is 5.69 Å². The van der Waals surface area contributed by atoms with Crippen molar-refractivity contribution in [2.24, 2.45) is 0 Å². The third-order valence-corrected chi connectivity index (χ3v) is 5.35. The van der Waals surface area contributed by atoms with Crippen molar-refractivity contribution in [1.82, 2.24) is 4.98 Å². The molecule has 0 aliphatic carbocycles. The Bertz CT molecular complexity index is 1330. The van der Waals surface area contributed by atoms with Gasteiger partial charge in [-0.1, -0.05) is 0 Å². The molecule has 0 radical (unpaired) electrons. The maximum absolute atomic E-state index is 12.8. The van der Waals surface area contributed by atoms with E-state index >= 15 is 0 Å². The summed E-state index contributed by atoms with van der Waals surface area (Å²) in [7, 11) is 1.64. The maximum Gasteiger partial charge on any atom is 0.255 e. The lowest BCUT2D eigenvalue weighted by Gasteiger charge is -2.13. The smallest absolute Gasteiger partial charge is 0.255 e. The second-order valence-corrected chi connectivity index (χ2v) is 7.42. The molecular formula is C26H22N2O5. The SMILES string of the molecule is CCOc1cc(-c2ccc(OC)cc2)nc2ccc(NC(=O)c3ccc4c(c3)OCO4)cc12. The molecule has 4 aromatic rings. The minimum atomic E-state index is -0.242. The molecule has 0 fully saturated rings. The second kappa shape index (κ2) is 8.70. The molecule has 1 N–H and O–H groups in total. The third kappa shape index (κ3) is 4.13. The molecule has 5 rings (SSSR count). The first-order valence-electron chi connectivity index (χ1n) is 10.6. The van der Waals surface area contributed by atoms with E-state index in [1.807, 2.05) is 55.5 Å². The van der Waals surface area contributed by atoms with Crippen molar-refractivity contribution in [2.45, 2.75) is 6.92 Å². The molecule has 0 atom stereocenters. The van der Waals surface area contributed by atoms with Gasteiger partial charge in [0, 0.05) is 28.3 Å². The van der Waals surface area contributed by atoms with Crippen LogP contribution in [-0.2, 0) is 0 Å². The second-order valence-electron chi connectivity index (χ2n) is 7.42. The summed E-state index contributed by atoms with van der Waals surface area (Å²) in [5.74, 6) is 2.45. The summed E-state index contributed by atoms with van der Waals surface area (Å²) in [6.07, 6.45) is 0. The normalized spacial score (nSPS) is 11.9. The first kappa shape index (κ1) is 20.6. The van der Waals surface area contributed by atoms with E-state index in [1.165, 1.54) is 0 Å². The number of hydrogen-bond acceptors (Lipinski definition) is 6. The topological polar surface area (TPSA) is 78.9 Å². The van der Waals surface area contributed by atoms with Crippen LogP contribution in [-0.4, -0.2) is 31.4 Å². The Balaban J connectivity index is 1.46. The van der Waals surface area contributed by atoms with Gasteiger partial charge >= 0.3 is 0 Å². The highest BCUT2D eigenvalue weighted by atomic mass is 16.7. The Morgan fingerprint density at radius 2 is 1.82 bits per heavy atom. The monoisotopic (exact) mass is 442 g/mol. The molecule has 0 spiro atoms. The number of carbonyl (C=O) groups is 1. The maximum atomic E-state index is 12.8. The largest absolute Gasteiger partial charge is 0.497 e. The Morgan fingerprint density at radius 3 is 2.61 bits per heavy atom. The van der Waals surface area contributed by atoms with E-state index in [9.17, 15) is 4.79 Å². The van der Waals surface area contributed by atoms with Gasteiger partial charge in [0.05, 0.1) is 24.9 Å². The van der Waals surface area contributed by atoms with Crippen LogP contribution < -0.4 is 24.3 Å². The van der Waals surface area contributed by atoms with Gasteiger partial charge in [-0.15, -0.1) is 0 Å². The number of methoxy groups -OCH3 is 1. The van der Waals surface area contributed by atoms with Crippen LogP contribution in [0.25, 0.3) is 22.2 Å². The summed E-state index contributed by atoms with van der Waals surface area (Å²) in [5, 5.41) is 3.75. The number of carbonyl (C=O) groups excluding carboxylic acids is 1. The lowest BCUT2D eigenvalue weighted by molar-refractivity contribution is 0.102. The van der Waals surface area contributed by atoms with E-state index in [2.05, 4.69) is 5.32 Å². The molecule has 1 aromatic heterocycles. The number of pyridine rings is 1. The summed E-state index contributed by atoms with van der Waals surface area (Å²) >= 11 is 0. The molecule has 1 aliphatic rings. The minimum absolute atomic E-state index is 0.163. The highest BCUT2D eigenvalue weighted by Crippen LogP contribution is 2.34. The van der Waals surface area contributed by atoms with Crippen LogP contribution in [0.5, 0.6) is 23.0 Å². The van der Waals surface area contributed by atoms with Gasteiger partial charge in [-0.25, -0.2) is 4.98 Å². The number of amides is 1. The Kier molecular flexibility index (Phi) is 5.44. The van der Waals surface area contributed by atoms with Crippen molar-refractivity contribution in [3.8, 4) is 34.3 Å². The van der Waals surface area contributed by atoms with Gasteiger partial charge in [0.2, 0.25) is 6.79 Å². The lowest BCUT2D eigenvalue weighted by Crippen LogP contribution is -2.11. The molecule has 1 amide bonds. The number of hydrogen-bond donors (Lipinski definition) is 1. The molecule has 33 heavy (non-hydrogen) atoms. The molecule has 1 aliphatic heterocycles. The number of nitrogens with one attached hydrogen (secondary N) is 1. The van der Waals surface area contributed by atoms with Crippen molar-refractivity contribution in [3.05, 3.63) is 72.3 Å². The average Bonchev–Trinajstić information content (AvgIpc) is 3.32. The van der Waals surface area contributed by atoms with Crippen LogP contribution >= 0.6 is 0 Å². The molecule has 0 saturated heterocycles. The van der Waals surface area contributed by atoms with Crippen molar-refractivity contribution >= 4 is 22.5 Å². The highest BCUT2D eigenvalue weighted by Gasteiger charge is 2.17. The summed E-state index contributed by atoms with van der Waals surface area (Å²) in [4.78, 5) is 17.6. The fraction of sp³-hybridized carbons (Fsp3) is 0.154. The van der Waals surface area contributed by atoms with Crippen LogP contribution in [0, 0.1) is 0 Å². The van der Waals surface area contributed by atoms with Crippen LogP contribution in [0.2, 0.25) is 0 Å². The van der Waals surface area contributed by atoms with Gasteiger partial charge in [0.1, 0.15) is 11.5 Å². The van der Waals surface area contributed by atoms with Gasteiger partial charge in [-0.3, -0.25) is 4.79 Å². The van der Waals surface area contributed by atoms with E-state index in [-0.39, 0.29) is 12.7 Å². The van der Waals surface area contributed by atoms with E-state index in [1.54, 1.807) is 25.3 Å². The molecule has 0 unspecified atom stereocenters. The molecule has 0 saturated carbocycles. The predicted molar refractivity (Wildman–Crippen MR) is 125 cm³/mol. The number of anilines is 1. The number of fused-ring (bicyclic) bond motifs is 2. The zero-order valence-corrected chi connectivity index (χ0v) is 18.3. The van der Waals surface area contributed by atoms with Crippen molar-refractivity contribution in [1.29, 1.82) is 0 Å². The highest BCUT2D eigenvalue weighted by molar-refractivity contribution is 6.06. The lowest BCUT2D eigenvalue weighted by atomic mass is 10.1. The Morgan fingerprint density at radius 1 is 1.00 bits per heavy atom. The molecule has 7 heteroatoms. The van der Waals surface area contributed by atoms with E-state index in [4.69, 9.17) is 23.9 Å². The molecule has 7 nitrogen and oxygen atoms in total. The number of rotatable bonds is 6. The first-order valence-corrected chi connectivity index (χ1v) is 10.6. The summed E-state index contributed by atoms with van der Waals surface area (Å²) in [5.41, 5.74) is 3.65. The van der Waals surface area contributed by atoms with Gasteiger partial charge in [-0.05, 0) is 67.6 Å². The zero-order valence-electron chi connectivity index (χ0n) is 18.3. The van der Waals surface area contributed by atoms with Crippen molar-refractivity contribution in [3.63, 3.8) is 0 Å². The van der Waals surface area contributed by atoms with Crippen LogP contribution in [0.1, 0.15) is 17.3 Å². The van der Waals surface area contributed by atoms with Crippen LogP contribution in [0.15, 0.2) is 66.7 Å². The van der Waals surface area contributed by atoms with Crippen LogP contribution in [0.3, 0.4) is 0 Å². The fourth-order valence-electron chi connectivity index (χ4n) is 3.70. The third-order valence-electron chi connectivity index (χ3n) is 5.35. The Hall–Kier alpha value is -4.26. The van der Waals surface area contributed by atoms with Gasteiger partial charge in [0.25, 0.3) is 5.91 Å². The quantitative estimate of drug-likeness (QED) is 0.437. The van der Waals surface area contributed by atoms with E-state index < -0.39 is 0 Å². The fourth-order valence-corrected chi connectivity index (χ4v) is 3.70. The molecule has 0 bridgehead atoms. The standard InChI is InChI=1S/C26H22N2O5/c1-3-31-24-14-22(16-4-8-19(30-2)9-5-16)28-21-10-7-18(13-20(21)24)27-26(29)17-6-11-23-25(12-17)33-15-32-23/h4-14H,3,15H2,1-2H3,(H,27,29). The molecule has 166 valence electrons. The van der Waals surface area contributed by atoms with Gasteiger partial charge < -0.3 is 24.3 Å². The minimum Gasteiger partial charge on any atom is -0.497 e. The van der Waals surface area contributed by atoms with E-state index in [0.29, 0.717) is 35.1 Å². The average molecular weight is 442 g/mol. The predicted octanol–water partition coefficient (Wildman–Crippen LogP) is 5.29. The summed E-state index contributed by atoms with van der Waals surface area (Å²) in [6.45, 7) is 2.61. The van der Waals surface area contributed by atoms with Gasteiger partial charge in [-0.2, -0.15) is 0 Å². The summed E-state index contributed by atoms with van der Waals surface area (Å²) in [6, 6.07) is 20.3. The number of ether oxygens (including phenoxy) is 4. The molecule has 2 heterocycles. The Labute approximate surface area is 190 Å². The summed E-state index contributed by atoms with van der Waals surface area (Å²) < 4.78 is 21.8. The molecular weight excluding hydrogens is 420 g/mol. The van der Waals surface area contributed by atoms with E-state index in [0.717, 1.165) is 27.9 Å². The van der Waals surface area contributed by atoms with Crippen molar-refractivity contribution < 1.29 is 23.7 Å². The van der Waals surface area contributed by atoms with Gasteiger partial charge in [0.15, 0.2) is 11.5 Å². The zero-order chi connectivity index (χ0) is 22.8. The number of benzene rings is 3. The first-order chi connectivity index (χ1) is 16.1. The molecule has 3 aromatic carbocycles.